The van der Waals surface area contributed by atoms with Gasteiger partial charge in [-0.15, -0.1) is 11.3 Å². The Hall–Kier alpha value is -1.03. The Balaban J connectivity index is 2.70. The molecule has 3 N–H and O–H groups in total. The first-order valence-corrected chi connectivity index (χ1v) is 5.53. The van der Waals surface area contributed by atoms with E-state index in [1.165, 1.54) is 11.3 Å². The molecule has 0 aliphatic carbocycles. The molecule has 3 nitrogen and oxygen atoms in total. The summed E-state index contributed by atoms with van der Waals surface area (Å²) >= 11 is 1.44. The zero-order valence-electron chi connectivity index (χ0n) is 8.76. The van der Waals surface area contributed by atoms with Crippen molar-refractivity contribution in [3.63, 3.8) is 0 Å². The molecule has 1 atom stereocenters. The molecule has 0 saturated heterocycles. The summed E-state index contributed by atoms with van der Waals surface area (Å²) in [5.41, 5.74) is 6.37. The molecule has 4 heteroatoms. The molecule has 0 saturated carbocycles. The van der Waals surface area contributed by atoms with Crippen LogP contribution < -0.4 is 11.1 Å². The van der Waals surface area contributed by atoms with Gasteiger partial charge in [-0.1, -0.05) is 6.92 Å². The lowest BCUT2D eigenvalue weighted by Gasteiger charge is -2.09. The van der Waals surface area contributed by atoms with E-state index < -0.39 is 0 Å². The van der Waals surface area contributed by atoms with Crippen LogP contribution in [0.25, 0.3) is 0 Å². The topological polar surface area (TPSA) is 55.1 Å². The van der Waals surface area contributed by atoms with Crippen molar-refractivity contribution in [2.75, 3.05) is 5.73 Å². The van der Waals surface area contributed by atoms with Gasteiger partial charge in [-0.05, 0) is 26.3 Å². The lowest BCUT2D eigenvalue weighted by molar-refractivity contribution is 0.0943. The first-order valence-electron chi connectivity index (χ1n) is 4.71. The maximum Gasteiger partial charge on any atom is 0.261 e. The third-order valence-corrected chi connectivity index (χ3v) is 3.23. The van der Waals surface area contributed by atoms with Crippen LogP contribution in [0.3, 0.4) is 0 Å². The predicted molar refractivity (Wildman–Crippen MR) is 60.7 cm³/mol. The summed E-state index contributed by atoms with van der Waals surface area (Å²) < 4.78 is 0. The number of nitrogen functional groups attached to an aromatic ring is 1. The van der Waals surface area contributed by atoms with Crippen LogP contribution in [0, 0.1) is 6.92 Å². The minimum Gasteiger partial charge on any atom is -0.398 e. The fourth-order valence-electron chi connectivity index (χ4n) is 1.01. The van der Waals surface area contributed by atoms with Gasteiger partial charge in [0.2, 0.25) is 0 Å². The number of thiophene rings is 1. The van der Waals surface area contributed by atoms with Crippen LogP contribution in [0.5, 0.6) is 0 Å². The third-order valence-electron chi connectivity index (χ3n) is 2.17. The molecule has 78 valence electrons. The summed E-state index contributed by atoms with van der Waals surface area (Å²) in [6, 6.07) is 1.95. The number of nitrogens with two attached hydrogens (primary N) is 1. The van der Waals surface area contributed by atoms with Crippen molar-refractivity contribution in [2.24, 2.45) is 0 Å². The average molecular weight is 212 g/mol. The molecule has 0 aliphatic heterocycles. The van der Waals surface area contributed by atoms with Gasteiger partial charge in [0.1, 0.15) is 0 Å². The van der Waals surface area contributed by atoms with Gasteiger partial charge in [-0.3, -0.25) is 4.79 Å². The quantitative estimate of drug-likeness (QED) is 0.806. The highest BCUT2D eigenvalue weighted by atomic mass is 32.1. The molecule has 1 aromatic heterocycles. The fraction of sp³-hybridized carbons (Fsp3) is 0.500. The smallest absolute Gasteiger partial charge is 0.261 e. The lowest BCUT2D eigenvalue weighted by atomic mass is 10.2. The van der Waals surface area contributed by atoms with Gasteiger partial charge in [-0.25, -0.2) is 0 Å². The van der Waals surface area contributed by atoms with Crippen molar-refractivity contribution >= 4 is 22.9 Å². The SMILES string of the molecule is CCC(C)NC(=O)c1cc(N)c(C)s1. The van der Waals surface area contributed by atoms with Crippen LogP contribution >= 0.6 is 11.3 Å². The van der Waals surface area contributed by atoms with Crippen LogP contribution in [0.1, 0.15) is 34.8 Å². The Morgan fingerprint density at radius 3 is 2.79 bits per heavy atom. The van der Waals surface area contributed by atoms with E-state index in [0.717, 1.165) is 11.3 Å². The highest BCUT2D eigenvalue weighted by Crippen LogP contribution is 2.23. The highest BCUT2D eigenvalue weighted by molar-refractivity contribution is 7.14. The summed E-state index contributed by atoms with van der Waals surface area (Å²) in [7, 11) is 0. The normalized spacial score (nSPS) is 12.5. The second kappa shape index (κ2) is 4.46. The number of carbonyl (C=O) groups excluding carboxylic acids is 1. The molecule has 0 aliphatic rings. The molecular formula is C10H16N2OS. The van der Waals surface area contributed by atoms with Gasteiger partial charge < -0.3 is 11.1 Å². The van der Waals surface area contributed by atoms with Gasteiger partial charge in [0.05, 0.1) is 4.88 Å². The summed E-state index contributed by atoms with van der Waals surface area (Å²) in [5.74, 6) is -0.0239. The Bertz CT molecular complexity index is 313. The van der Waals surface area contributed by atoms with Crippen molar-refractivity contribution in [3.8, 4) is 0 Å². The Morgan fingerprint density at radius 2 is 2.36 bits per heavy atom. The van der Waals surface area contributed by atoms with Crippen LogP contribution in [-0.4, -0.2) is 11.9 Å². The molecule has 1 rings (SSSR count). The third kappa shape index (κ3) is 2.48. The summed E-state index contributed by atoms with van der Waals surface area (Å²) in [4.78, 5) is 13.3. The minimum atomic E-state index is -0.0239. The largest absolute Gasteiger partial charge is 0.398 e. The van der Waals surface area contributed by atoms with Crippen molar-refractivity contribution in [3.05, 3.63) is 15.8 Å². The lowest BCUT2D eigenvalue weighted by Crippen LogP contribution is -2.31. The molecule has 14 heavy (non-hydrogen) atoms. The molecule has 0 aromatic carbocycles. The summed E-state index contributed by atoms with van der Waals surface area (Å²) in [5, 5.41) is 2.90. The molecule has 0 spiro atoms. The Morgan fingerprint density at radius 1 is 1.71 bits per heavy atom. The zero-order valence-corrected chi connectivity index (χ0v) is 9.57. The number of rotatable bonds is 3. The zero-order chi connectivity index (χ0) is 10.7. The van der Waals surface area contributed by atoms with E-state index in [1.54, 1.807) is 6.07 Å². The number of aryl methyl sites for hydroxylation is 1. The van der Waals surface area contributed by atoms with Gasteiger partial charge in [0, 0.05) is 16.6 Å². The van der Waals surface area contributed by atoms with E-state index in [2.05, 4.69) is 5.32 Å². The summed E-state index contributed by atoms with van der Waals surface area (Å²) in [6.45, 7) is 5.95. The maximum absolute atomic E-state index is 11.6. The molecule has 1 heterocycles. The van der Waals surface area contributed by atoms with E-state index in [0.29, 0.717) is 10.6 Å². The highest BCUT2D eigenvalue weighted by Gasteiger charge is 2.12. The van der Waals surface area contributed by atoms with Crippen molar-refractivity contribution in [1.82, 2.24) is 5.32 Å². The first-order chi connectivity index (χ1) is 6.54. The van der Waals surface area contributed by atoms with Gasteiger partial charge in [0.25, 0.3) is 5.91 Å². The fourth-order valence-corrected chi connectivity index (χ4v) is 1.85. The second-order valence-corrected chi connectivity index (χ2v) is 4.66. The van der Waals surface area contributed by atoms with E-state index in [4.69, 9.17) is 5.73 Å². The molecule has 1 amide bonds. The predicted octanol–water partition coefficient (Wildman–Crippen LogP) is 2.17. The van der Waals surface area contributed by atoms with Crippen LogP contribution in [0.2, 0.25) is 0 Å². The Labute approximate surface area is 88.3 Å². The minimum absolute atomic E-state index is 0.0239. The van der Waals surface area contributed by atoms with Crippen LogP contribution in [-0.2, 0) is 0 Å². The van der Waals surface area contributed by atoms with Gasteiger partial charge in [-0.2, -0.15) is 0 Å². The standard InChI is InChI=1S/C10H16N2OS/c1-4-6(2)12-10(13)9-5-8(11)7(3)14-9/h5-6H,4,11H2,1-3H3,(H,12,13). The summed E-state index contributed by atoms with van der Waals surface area (Å²) in [6.07, 6.45) is 0.936. The molecule has 1 aromatic rings. The van der Waals surface area contributed by atoms with E-state index >= 15 is 0 Å². The number of hydrogen-bond donors (Lipinski definition) is 2. The van der Waals surface area contributed by atoms with Crippen molar-refractivity contribution in [1.29, 1.82) is 0 Å². The van der Waals surface area contributed by atoms with Gasteiger partial charge >= 0.3 is 0 Å². The van der Waals surface area contributed by atoms with Crippen LogP contribution in [0.4, 0.5) is 5.69 Å². The molecule has 1 unspecified atom stereocenters. The average Bonchev–Trinajstić information content (AvgIpc) is 2.47. The molecule has 0 radical (unpaired) electrons. The number of carbonyl (C=O) groups is 1. The van der Waals surface area contributed by atoms with E-state index in [9.17, 15) is 4.79 Å². The number of hydrogen-bond acceptors (Lipinski definition) is 3. The van der Waals surface area contributed by atoms with Crippen LogP contribution in [0.15, 0.2) is 6.07 Å². The monoisotopic (exact) mass is 212 g/mol. The second-order valence-electron chi connectivity index (χ2n) is 3.40. The molecule has 0 bridgehead atoms. The number of amides is 1. The van der Waals surface area contributed by atoms with E-state index in [-0.39, 0.29) is 11.9 Å². The van der Waals surface area contributed by atoms with Gasteiger partial charge in [0.15, 0.2) is 0 Å². The number of nitrogens with one attached hydrogen (secondary N) is 1. The van der Waals surface area contributed by atoms with Crippen molar-refractivity contribution in [2.45, 2.75) is 33.2 Å². The Kier molecular flexibility index (Phi) is 3.52. The van der Waals surface area contributed by atoms with Crippen molar-refractivity contribution < 1.29 is 4.79 Å². The maximum atomic E-state index is 11.6. The van der Waals surface area contributed by atoms with E-state index in [1.807, 2.05) is 20.8 Å². The molecule has 0 fully saturated rings. The number of anilines is 1. The molecular weight excluding hydrogens is 196 g/mol. The first kappa shape index (κ1) is 11.0.